The maximum atomic E-state index is 12.6. The monoisotopic (exact) mass is 396 g/mol. The molecular weight excluding hydrogens is 372 g/mol. The Hall–Kier alpha value is -3.11. The van der Waals surface area contributed by atoms with E-state index < -0.39 is 53.4 Å². The van der Waals surface area contributed by atoms with Crippen molar-refractivity contribution in [2.45, 2.75) is 58.3 Å². The highest BCUT2D eigenvalue weighted by Crippen LogP contribution is 2.19. The molecule has 2 heterocycles. The highest BCUT2D eigenvalue weighted by molar-refractivity contribution is 5.84. The van der Waals surface area contributed by atoms with Crippen LogP contribution in [0.5, 0.6) is 0 Å². The molecule has 11 nitrogen and oxygen atoms in total. The molecule has 1 aromatic heterocycles. The van der Waals surface area contributed by atoms with Crippen LogP contribution in [0.15, 0.2) is 15.8 Å². The van der Waals surface area contributed by atoms with Crippen molar-refractivity contribution < 1.29 is 24.2 Å². The van der Waals surface area contributed by atoms with Gasteiger partial charge in [-0.3, -0.25) is 19.1 Å². The van der Waals surface area contributed by atoms with Crippen LogP contribution in [0.3, 0.4) is 0 Å². The van der Waals surface area contributed by atoms with Gasteiger partial charge in [-0.15, -0.1) is 0 Å². The van der Waals surface area contributed by atoms with Crippen molar-refractivity contribution in [2.75, 3.05) is 6.54 Å². The number of alkyl carbamates (subject to hydrolysis) is 1. The molecule has 0 spiro atoms. The highest BCUT2D eigenvalue weighted by Gasteiger charge is 2.40. The van der Waals surface area contributed by atoms with E-state index in [1.165, 1.54) is 13.1 Å². The Morgan fingerprint density at radius 2 is 1.96 bits per heavy atom. The van der Waals surface area contributed by atoms with Crippen molar-refractivity contribution in [3.05, 3.63) is 32.6 Å². The predicted octanol–water partition coefficient (Wildman–Crippen LogP) is -0.576. The van der Waals surface area contributed by atoms with Gasteiger partial charge in [-0.1, -0.05) is 0 Å². The molecule has 0 aliphatic carbocycles. The van der Waals surface area contributed by atoms with E-state index in [0.717, 1.165) is 9.47 Å². The van der Waals surface area contributed by atoms with E-state index in [1.807, 2.05) is 0 Å². The number of likely N-dealkylation sites (tertiary alicyclic amines) is 1. The van der Waals surface area contributed by atoms with Crippen molar-refractivity contribution in [3.63, 3.8) is 0 Å². The van der Waals surface area contributed by atoms with Gasteiger partial charge in [0.05, 0.1) is 6.04 Å². The van der Waals surface area contributed by atoms with E-state index in [0.29, 0.717) is 0 Å². The van der Waals surface area contributed by atoms with Gasteiger partial charge in [-0.25, -0.2) is 14.4 Å². The predicted molar refractivity (Wildman–Crippen MR) is 97.0 cm³/mol. The van der Waals surface area contributed by atoms with E-state index in [9.17, 15) is 29.1 Å². The Morgan fingerprint density at radius 1 is 1.32 bits per heavy atom. The number of carboxylic acids is 1. The van der Waals surface area contributed by atoms with Gasteiger partial charge >= 0.3 is 17.8 Å². The topological polar surface area (TPSA) is 151 Å². The largest absolute Gasteiger partial charge is 0.480 e. The summed E-state index contributed by atoms with van der Waals surface area (Å²) in [7, 11) is 0. The summed E-state index contributed by atoms with van der Waals surface area (Å²) in [6, 6.07) is -1.75. The van der Waals surface area contributed by atoms with Crippen LogP contribution in [0.25, 0.3) is 0 Å². The zero-order valence-electron chi connectivity index (χ0n) is 16.1. The molecule has 1 aliphatic rings. The quantitative estimate of drug-likeness (QED) is 0.616. The Morgan fingerprint density at radius 3 is 2.54 bits per heavy atom. The normalized spacial score (nSPS) is 19.4. The second-order valence-corrected chi connectivity index (χ2v) is 7.68. The second-order valence-electron chi connectivity index (χ2n) is 7.68. The van der Waals surface area contributed by atoms with Gasteiger partial charge in [0.2, 0.25) is 5.91 Å². The zero-order chi connectivity index (χ0) is 21.2. The van der Waals surface area contributed by atoms with Crippen LogP contribution in [0, 0.1) is 6.92 Å². The fourth-order valence-electron chi connectivity index (χ4n) is 2.90. The van der Waals surface area contributed by atoms with Gasteiger partial charge in [-0.2, -0.15) is 0 Å². The summed E-state index contributed by atoms with van der Waals surface area (Å²) in [6.45, 7) is 6.10. The summed E-state index contributed by atoms with van der Waals surface area (Å²) in [4.78, 5) is 62.5. The third kappa shape index (κ3) is 5.21. The lowest BCUT2D eigenvalue weighted by Crippen LogP contribution is -2.45. The lowest BCUT2D eigenvalue weighted by molar-refractivity contribution is -0.148. The maximum absolute atomic E-state index is 12.6. The number of aliphatic carboxylic acids is 1. The number of H-pyrrole nitrogens is 1. The molecule has 2 atom stereocenters. The number of nitrogens with one attached hydrogen (secondary N) is 2. The first-order chi connectivity index (χ1) is 12.9. The van der Waals surface area contributed by atoms with Crippen LogP contribution >= 0.6 is 0 Å². The van der Waals surface area contributed by atoms with Crippen LogP contribution < -0.4 is 16.6 Å². The Kier molecular flexibility index (Phi) is 5.95. The van der Waals surface area contributed by atoms with Gasteiger partial charge in [0.1, 0.15) is 18.2 Å². The number of nitrogens with zero attached hydrogens (tertiary/aromatic N) is 2. The SMILES string of the molecule is Cc1cn(CC(=O)N2C[C@@H](NC(=O)OC(C)(C)C)C[C@H]2C(=O)O)c(=O)[nH]c1=O. The molecule has 1 aliphatic heterocycles. The van der Waals surface area contributed by atoms with Crippen LogP contribution in [0.2, 0.25) is 0 Å². The fourth-order valence-corrected chi connectivity index (χ4v) is 2.90. The number of rotatable bonds is 4. The Bertz CT molecular complexity index is 896. The zero-order valence-corrected chi connectivity index (χ0v) is 16.1. The van der Waals surface area contributed by atoms with Gasteiger partial charge < -0.3 is 20.1 Å². The van der Waals surface area contributed by atoms with Crippen LogP contribution in [0.4, 0.5) is 4.79 Å². The lowest BCUT2D eigenvalue weighted by Gasteiger charge is -2.22. The minimum absolute atomic E-state index is 0.0138. The lowest BCUT2D eigenvalue weighted by atomic mass is 10.1. The molecule has 3 N–H and O–H groups in total. The summed E-state index contributed by atoms with van der Waals surface area (Å²) in [5.74, 6) is -1.83. The van der Waals surface area contributed by atoms with E-state index in [1.54, 1.807) is 20.8 Å². The molecule has 1 aromatic rings. The van der Waals surface area contributed by atoms with Gasteiger partial charge in [0.25, 0.3) is 5.56 Å². The van der Waals surface area contributed by atoms with E-state index in [4.69, 9.17) is 4.74 Å². The minimum Gasteiger partial charge on any atom is -0.480 e. The molecule has 11 heteroatoms. The van der Waals surface area contributed by atoms with E-state index >= 15 is 0 Å². The Balaban J connectivity index is 2.12. The highest BCUT2D eigenvalue weighted by atomic mass is 16.6. The average molecular weight is 396 g/mol. The number of aromatic amines is 1. The minimum atomic E-state index is -1.22. The van der Waals surface area contributed by atoms with Crippen LogP contribution in [-0.4, -0.2) is 61.8 Å². The summed E-state index contributed by atoms with van der Waals surface area (Å²) in [5.41, 5.74) is -1.79. The molecule has 1 saturated heterocycles. The van der Waals surface area contributed by atoms with Crippen LogP contribution in [-0.2, 0) is 20.9 Å². The number of carbonyl (C=O) groups excluding carboxylic acids is 2. The third-order valence-corrected chi connectivity index (χ3v) is 4.12. The summed E-state index contributed by atoms with van der Waals surface area (Å²) >= 11 is 0. The molecule has 0 radical (unpaired) electrons. The van der Waals surface area contributed by atoms with E-state index in [-0.39, 0.29) is 18.5 Å². The first kappa shape index (κ1) is 21.2. The van der Waals surface area contributed by atoms with Crippen molar-refractivity contribution in [3.8, 4) is 0 Å². The number of hydrogen-bond donors (Lipinski definition) is 3. The molecular formula is C17H24N4O7. The first-order valence-corrected chi connectivity index (χ1v) is 8.69. The number of carboxylic acid groups (broad SMARTS) is 1. The molecule has 0 bridgehead atoms. The molecule has 2 rings (SSSR count). The molecule has 0 aromatic carbocycles. The molecule has 1 fully saturated rings. The number of amides is 2. The second kappa shape index (κ2) is 7.87. The number of aromatic nitrogens is 2. The summed E-state index contributed by atoms with van der Waals surface area (Å²) in [6.07, 6.45) is 0.546. The van der Waals surface area contributed by atoms with Gasteiger partial charge in [0.15, 0.2) is 0 Å². The maximum Gasteiger partial charge on any atom is 0.407 e. The number of aryl methyl sites for hydroxylation is 1. The molecule has 28 heavy (non-hydrogen) atoms. The van der Waals surface area contributed by atoms with Crippen molar-refractivity contribution >= 4 is 18.0 Å². The smallest absolute Gasteiger partial charge is 0.407 e. The molecule has 0 unspecified atom stereocenters. The first-order valence-electron chi connectivity index (χ1n) is 8.69. The molecule has 0 saturated carbocycles. The summed E-state index contributed by atoms with van der Waals surface area (Å²) < 4.78 is 6.15. The average Bonchev–Trinajstić information content (AvgIpc) is 2.94. The van der Waals surface area contributed by atoms with E-state index in [2.05, 4.69) is 10.3 Å². The number of carbonyl (C=O) groups is 3. The Labute approximate surface area is 160 Å². The fraction of sp³-hybridized carbons (Fsp3) is 0.588. The standard InChI is InChI=1S/C17H24N4O7/c1-9-6-20(15(26)19-13(9)23)8-12(22)21-7-10(5-11(21)14(24)25)18-16(27)28-17(2,3)4/h6,10-11H,5,7-8H2,1-4H3,(H,18,27)(H,24,25)(H,19,23,26)/t10-,11-/m0/s1. The summed E-state index contributed by atoms with van der Waals surface area (Å²) in [5, 5.41) is 12.0. The number of ether oxygens (including phenoxy) is 1. The van der Waals surface area contributed by atoms with Gasteiger partial charge in [-0.05, 0) is 27.7 Å². The van der Waals surface area contributed by atoms with Crippen molar-refractivity contribution in [1.29, 1.82) is 0 Å². The number of hydrogen-bond acceptors (Lipinski definition) is 6. The van der Waals surface area contributed by atoms with Crippen LogP contribution in [0.1, 0.15) is 32.8 Å². The third-order valence-electron chi connectivity index (χ3n) is 4.12. The molecule has 2 amide bonds. The van der Waals surface area contributed by atoms with Crippen molar-refractivity contribution in [2.24, 2.45) is 0 Å². The van der Waals surface area contributed by atoms with Crippen molar-refractivity contribution in [1.82, 2.24) is 19.8 Å². The molecule has 154 valence electrons. The van der Waals surface area contributed by atoms with Gasteiger partial charge in [0, 0.05) is 24.7 Å².